The van der Waals surface area contributed by atoms with Crippen LogP contribution in [-0.4, -0.2) is 63.3 Å². The fraction of sp³-hybridized carbons (Fsp3) is 0.667. The lowest BCUT2D eigenvalue weighted by atomic mass is 9.85. The highest BCUT2D eigenvalue weighted by molar-refractivity contribution is 6.07. The molecule has 0 saturated carbocycles. The molecule has 3 rings (SSSR count). The summed E-state index contributed by atoms with van der Waals surface area (Å²) in [5, 5.41) is 0. The van der Waals surface area contributed by atoms with Crippen molar-refractivity contribution in [3.63, 3.8) is 0 Å². The van der Waals surface area contributed by atoms with Crippen LogP contribution in [0, 0.1) is 12.8 Å². The topological polar surface area (TPSA) is 56.8 Å². The summed E-state index contributed by atoms with van der Waals surface area (Å²) >= 11 is 0. The van der Waals surface area contributed by atoms with Gasteiger partial charge in [-0.2, -0.15) is 0 Å². The Bertz CT molecular complexity index is 695. The van der Waals surface area contributed by atoms with Crippen LogP contribution in [0.25, 0.3) is 0 Å². The third-order valence-corrected chi connectivity index (χ3v) is 5.88. The SMILES string of the molecule is CCN1C(=O)N(CCC(C)C)C2(CCN(Cc3cccc(C)n3)CC2)C1=O. The van der Waals surface area contributed by atoms with Crippen LogP contribution in [0.1, 0.15) is 51.4 Å². The Morgan fingerprint density at radius 1 is 1.19 bits per heavy atom. The van der Waals surface area contributed by atoms with Crippen LogP contribution in [0.15, 0.2) is 18.2 Å². The van der Waals surface area contributed by atoms with Crippen molar-refractivity contribution in [3.8, 4) is 0 Å². The first-order valence-electron chi connectivity index (χ1n) is 10.2. The maximum Gasteiger partial charge on any atom is 0.327 e. The van der Waals surface area contributed by atoms with Crippen molar-refractivity contribution in [3.05, 3.63) is 29.6 Å². The van der Waals surface area contributed by atoms with E-state index in [1.165, 1.54) is 4.90 Å². The molecule has 0 aromatic carbocycles. The minimum absolute atomic E-state index is 0.00656. The molecule has 1 aromatic heterocycles. The molecule has 0 unspecified atom stereocenters. The number of aryl methyl sites for hydroxylation is 1. The van der Waals surface area contributed by atoms with Gasteiger partial charge in [0.2, 0.25) is 0 Å². The molecule has 0 N–H and O–H groups in total. The van der Waals surface area contributed by atoms with Crippen LogP contribution >= 0.6 is 0 Å². The lowest BCUT2D eigenvalue weighted by molar-refractivity contribution is -0.135. The van der Waals surface area contributed by atoms with Gasteiger partial charge in [0.1, 0.15) is 5.54 Å². The minimum Gasteiger partial charge on any atom is -0.309 e. The molecule has 0 bridgehead atoms. The van der Waals surface area contributed by atoms with Gasteiger partial charge in [-0.05, 0) is 51.2 Å². The van der Waals surface area contributed by atoms with Crippen molar-refractivity contribution < 1.29 is 9.59 Å². The summed E-state index contributed by atoms with van der Waals surface area (Å²) < 4.78 is 0. The summed E-state index contributed by atoms with van der Waals surface area (Å²) in [5.41, 5.74) is 1.45. The Balaban J connectivity index is 1.72. The van der Waals surface area contributed by atoms with E-state index in [1.807, 2.05) is 30.9 Å². The first-order chi connectivity index (χ1) is 12.9. The molecule has 6 nitrogen and oxygen atoms in total. The van der Waals surface area contributed by atoms with E-state index in [2.05, 4.69) is 29.8 Å². The predicted molar refractivity (Wildman–Crippen MR) is 105 cm³/mol. The summed E-state index contributed by atoms with van der Waals surface area (Å²) in [7, 11) is 0. The van der Waals surface area contributed by atoms with E-state index < -0.39 is 5.54 Å². The Kier molecular flexibility index (Phi) is 5.84. The molecule has 1 spiro atoms. The second-order valence-electron chi connectivity index (χ2n) is 8.24. The van der Waals surface area contributed by atoms with E-state index in [1.54, 1.807) is 0 Å². The number of hydrogen-bond donors (Lipinski definition) is 0. The van der Waals surface area contributed by atoms with Crippen molar-refractivity contribution in [2.24, 2.45) is 5.92 Å². The number of likely N-dealkylation sites (N-methyl/N-ethyl adjacent to an activating group) is 1. The largest absolute Gasteiger partial charge is 0.327 e. The zero-order valence-electron chi connectivity index (χ0n) is 17.1. The molecule has 2 saturated heterocycles. The number of rotatable bonds is 6. The van der Waals surface area contributed by atoms with Gasteiger partial charge in [-0.3, -0.25) is 19.6 Å². The number of carbonyl (C=O) groups excluding carboxylic acids is 2. The van der Waals surface area contributed by atoms with Crippen molar-refractivity contribution in [2.45, 2.75) is 59.0 Å². The Labute approximate surface area is 162 Å². The summed E-state index contributed by atoms with van der Waals surface area (Å²) in [5.74, 6) is 0.514. The number of hydrogen-bond acceptors (Lipinski definition) is 4. The van der Waals surface area contributed by atoms with E-state index in [-0.39, 0.29) is 11.9 Å². The monoisotopic (exact) mass is 372 g/mol. The quantitative estimate of drug-likeness (QED) is 0.720. The summed E-state index contributed by atoms with van der Waals surface area (Å²) in [6, 6.07) is 5.99. The number of aromatic nitrogens is 1. The van der Waals surface area contributed by atoms with E-state index in [0.29, 0.717) is 31.8 Å². The van der Waals surface area contributed by atoms with Crippen LogP contribution in [0.5, 0.6) is 0 Å². The van der Waals surface area contributed by atoms with Gasteiger partial charge in [0.25, 0.3) is 5.91 Å². The highest BCUT2D eigenvalue weighted by atomic mass is 16.2. The normalized spacial score (nSPS) is 20.3. The minimum atomic E-state index is -0.640. The molecule has 0 aliphatic carbocycles. The lowest BCUT2D eigenvalue weighted by Gasteiger charge is -2.42. The van der Waals surface area contributed by atoms with E-state index >= 15 is 0 Å². The molecule has 0 radical (unpaired) electrons. The molecule has 2 aliphatic rings. The van der Waals surface area contributed by atoms with Crippen LogP contribution < -0.4 is 0 Å². The molecule has 2 fully saturated rings. The molecular formula is C21H32N4O2. The van der Waals surface area contributed by atoms with Crippen molar-refractivity contribution in [1.82, 2.24) is 19.7 Å². The fourth-order valence-electron chi connectivity index (χ4n) is 4.24. The Morgan fingerprint density at radius 3 is 2.48 bits per heavy atom. The van der Waals surface area contributed by atoms with Crippen molar-refractivity contribution in [2.75, 3.05) is 26.2 Å². The lowest BCUT2D eigenvalue weighted by Crippen LogP contribution is -2.56. The first-order valence-corrected chi connectivity index (χ1v) is 10.2. The highest BCUT2D eigenvalue weighted by Crippen LogP contribution is 2.37. The number of imide groups is 1. The van der Waals surface area contributed by atoms with Gasteiger partial charge in [0.05, 0.1) is 5.69 Å². The van der Waals surface area contributed by atoms with E-state index in [0.717, 1.165) is 37.4 Å². The smallest absolute Gasteiger partial charge is 0.309 e. The van der Waals surface area contributed by atoms with Gasteiger partial charge in [-0.25, -0.2) is 4.79 Å². The molecule has 2 aliphatic heterocycles. The molecule has 3 heterocycles. The van der Waals surface area contributed by atoms with E-state index in [9.17, 15) is 9.59 Å². The Hall–Kier alpha value is -1.95. The zero-order chi connectivity index (χ0) is 19.6. The molecule has 27 heavy (non-hydrogen) atoms. The van der Waals surface area contributed by atoms with Crippen molar-refractivity contribution >= 4 is 11.9 Å². The zero-order valence-corrected chi connectivity index (χ0v) is 17.1. The third kappa shape index (κ3) is 3.86. The average molecular weight is 373 g/mol. The van der Waals surface area contributed by atoms with Gasteiger partial charge in [-0.1, -0.05) is 19.9 Å². The summed E-state index contributed by atoms with van der Waals surface area (Å²) in [6.07, 6.45) is 2.34. The maximum atomic E-state index is 13.1. The molecule has 6 heteroatoms. The standard InChI is InChI=1S/C21H32N4O2/c1-5-24-19(26)21(25(20(24)27)12-9-16(2)3)10-13-23(14-11-21)15-18-8-6-7-17(4)22-18/h6-8,16H,5,9-15H2,1-4H3. The van der Waals surface area contributed by atoms with Gasteiger partial charge < -0.3 is 4.90 Å². The van der Waals surface area contributed by atoms with E-state index in [4.69, 9.17) is 0 Å². The van der Waals surface area contributed by atoms with Gasteiger partial charge in [0.15, 0.2) is 0 Å². The highest BCUT2D eigenvalue weighted by Gasteiger charge is 2.57. The number of piperidine rings is 1. The number of amides is 3. The van der Waals surface area contributed by atoms with Crippen LogP contribution in [0.3, 0.4) is 0 Å². The Morgan fingerprint density at radius 2 is 1.89 bits per heavy atom. The molecule has 3 amide bonds. The number of nitrogens with zero attached hydrogens (tertiary/aromatic N) is 4. The average Bonchev–Trinajstić information content (AvgIpc) is 2.82. The number of likely N-dealkylation sites (tertiary alicyclic amines) is 1. The van der Waals surface area contributed by atoms with Crippen LogP contribution in [0.4, 0.5) is 4.79 Å². The van der Waals surface area contributed by atoms with Crippen molar-refractivity contribution in [1.29, 1.82) is 0 Å². The first kappa shape index (κ1) is 19.8. The second-order valence-corrected chi connectivity index (χ2v) is 8.24. The van der Waals surface area contributed by atoms with Gasteiger partial charge in [-0.15, -0.1) is 0 Å². The fourth-order valence-corrected chi connectivity index (χ4v) is 4.24. The third-order valence-electron chi connectivity index (χ3n) is 5.88. The summed E-state index contributed by atoms with van der Waals surface area (Å²) in [4.78, 5) is 36.2. The molecule has 0 atom stereocenters. The summed E-state index contributed by atoms with van der Waals surface area (Å²) in [6.45, 7) is 11.7. The molecular weight excluding hydrogens is 340 g/mol. The van der Waals surface area contributed by atoms with Crippen LogP contribution in [0.2, 0.25) is 0 Å². The maximum absolute atomic E-state index is 13.1. The number of urea groups is 1. The second kappa shape index (κ2) is 7.97. The van der Waals surface area contributed by atoms with Crippen LogP contribution in [-0.2, 0) is 11.3 Å². The van der Waals surface area contributed by atoms with Gasteiger partial charge in [0, 0.05) is 38.4 Å². The predicted octanol–water partition coefficient (Wildman–Crippen LogP) is 3.05. The number of carbonyl (C=O) groups is 2. The molecule has 148 valence electrons. The number of pyridine rings is 1. The molecule has 1 aromatic rings. The van der Waals surface area contributed by atoms with Gasteiger partial charge >= 0.3 is 6.03 Å².